The number of aliphatic hydroxyl groups excluding tert-OH is 5. The first-order chi connectivity index (χ1) is 33.6. The van der Waals surface area contributed by atoms with Crippen molar-refractivity contribution in [2.45, 2.75) is 132 Å². The Morgan fingerprint density at radius 1 is 0.901 bits per heavy atom. The number of fused-ring (bicyclic) bond motifs is 2. The number of allylic oxidation sites excluding steroid dienone is 2. The Labute approximate surface area is 411 Å². The van der Waals surface area contributed by atoms with E-state index in [1.54, 1.807) is 38.3 Å². The van der Waals surface area contributed by atoms with Crippen molar-refractivity contribution in [1.82, 2.24) is 20.9 Å². The minimum Gasteiger partial charge on any atom is -0.497 e. The number of aliphatic carboxylic acids is 1. The van der Waals surface area contributed by atoms with Gasteiger partial charge in [-0.3, -0.25) is 33.6 Å². The molecule has 4 amide bonds. The fourth-order valence-electron chi connectivity index (χ4n) is 9.28. The summed E-state index contributed by atoms with van der Waals surface area (Å²) in [4.78, 5) is 107. The lowest BCUT2D eigenvalue weighted by Crippen LogP contribution is -2.63. The van der Waals surface area contributed by atoms with E-state index in [1.165, 1.54) is 7.05 Å². The molecule has 10 atom stereocenters. The Kier molecular flexibility index (Phi) is 19.9. The van der Waals surface area contributed by atoms with Crippen LogP contribution in [0.2, 0.25) is 0 Å². The molecule has 1 heterocycles. The topological polar surface area (TPSA) is 327 Å². The third-order valence-electron chi connectivity index (χ3n) is 13.5. The van der Waals surface area contributed by atoms with Crippen molar-refractivity contribution in [3.05, 3.63) is 76.9 Å². The Morgan fingerprint density at radius 2 is 1.61 bits per heavy atom. The van der Waals surface area contributed by atoms with E-state index in [1.807, 2.05) is 36.4 Å². The van der Waals surface area contributed by atoms with Gasteiger partial charge in [-0.05, 0) is 72.4 Å². The van der Waals surface area contributed by atoms with Gasteiger partial charge >= 0.3 is 5.97 Å². The number of aliphatic hydroxyl groups is 6. The maximum absolute atomic E-state index is 13.8. The molecule has 2 aromatic carbocycles. The molecule has 386 valence electrons. The zero-order valence-electron chi connectivity index (χ0n) is 40.1. The van der Waals surface area contributed by atoms with Gasteiger partial charge in [-0.25, -0.2) is 4.79 Å². The summed E-state index contributed by atoms with van der Waals surface area (Å²) < 4.78 is 5.18. The standard InChI is InChI=1S/C51H66N4O16/c1-28(10-6-4-5-7-11-29-14-18-35(71-3)19-15-29)43(62)45(64)42-46(65)49(67)54-47-44(63)39(59)24-51(47,70)25-41(61)55(2)27-34(58)20-31(22-37-36-13-9-8-12-30(36)21-38(37)50(68)69)48(66)52-26-33(57)17-16-32(56)23-40(60)53-42/h7-9,11-15,18-19,28,31-32,42-47,56,62-65,70H,4-6,10,16-17,20-27H2,1-3H3,(H,52,66)(H,53,60)(H,54,67)(H,68,69)/b11-7+/t28?,31-,32+,42?,43+,44+,45+,46+,47?,51+/m1/s1. The lowest BCUT2D eigenvalue weighted by Gasteiger charge is -2.35. The number of amides is 4. The number of carbonyl (C=O) groups is 8. The van der Waals surface area contributed by atoms with Crippen molar-refractivity contribution < 1.29 is 78.8 Å². The van der Waals surface area contributed by atoms with Gasteiger partial charge in [-0.2, -0.15) is 0 Å². The molecular formula is C51H66N4O16. The second-order valence-corrected chi connectivity index (χ2v) is 19.0. The van der Waals surface area contributed by atoms with E-state index in [-0.39, 0.29) is 31.3 Å². The number of rotatable bonds is 13. The quantitative estimate of drug-likeness (QED) is 0.120. The zero-order valence-corrected chi connectivity index (χ0v) is 40.1. The van der Waals surface area contributed by atoms with Crippen LogP contribution < -0.4 is 20.7 Å². The molecule has 2 fully saturated rings. The van der Waals surface area contributed by atoms with Gasteiger partial charge in [-0.15, -0.1) is 0 Å². The number of hydrogen-bond donors (Lipinski definition) is 10. The molecule has 1 saturated carbocycles. The number of carboxylic acid groups (broad SMARTS) is 1. The Hall–Kier alpha value is -6.16. The molecule has 1 saturated heterocycles. The zero-order chi connectivity index (χ0) is 52.2. The van der Waals surface area contributed by atoms with Gasteiger partial charge in [0.05, 0.1) is 57.3 Å². The van der Waals surface area contributed by atoms with E-state index in [9.17, 15) is 74.1 Å². The number of nitrogens with one attached hydrogen (secondary N) is 3. The Balaban J connectivity index is 1.34. The number of nitrogens with zero attached hydrogens (tertiary/aromatic N) is 1. The largest absolute Gasteiger partial charge is 0.497 e. The molecule has 0 aromatic heterocycles. The van der Waals surface area contributed by atoms with E-state index in [2.05, 4.69) is 16.0 Å². The van der Waals surface area contributed by atoms with Crippen molar-refractivity contribution in [3.8, 4) is 5.75 Å². The van der Waals surface area contributed by atoms with Crippen LogP contribution in [-0.2, 0) is 44.8 Å². The third kappa shape index (κ3) is 14.9. The lowest BCUT2D eigenvalue weighted by atomic mass is 9.88. The molecule has 5 rings (SSSR count). The van der Waals surface area contributed by atoms with Gasteiger partial charge in [0.2, 0.25) is 17.7 Å². The Morgan fingerprint density at radius 3 is 2.30 bits per heavy atom. The van der Waals surface area contributed by atoms with Crippen LogP contribution in [0.3, 0.4) is 0 Å². The van der Waals surface area contributed by atoms with Crippen LogP contribution in [-0.4, -0.2) is 163 Å². The molecule has 1 aliphatic heterocycles. The number of Topliss-reactive ketones (excluding diaryl/α,β-unsaturated/α-hetero) is 3. The summed E-state index contributed by atoms with van der Waals surface area (Å²) in [7, 11) is 2.77. The first-order valence-electron chi connectivity index (χ1n) is 23.8. The number of likely N-dealkylation sites (N-methyl/N-ethyl adjacent to an activating group) is 1. The van der Waals surface area contributed by atoms with Crippen LogP contribution >= 0.6 is 0 Å². The monoisotopic (exact) mass is 990 g/mol. The summed E-state index contributed by atoms with van der Waals surface area (Å²) in [6.07, 6.45) is -7.42. The second-order valence-electron chi connectivity index (χ2n) is 19.0. The first-order valence-corrected chi connectivity index (χ1v) is 23.8. The highest BCUT2D eigenvalue weighted by Crippen LogP contribution is 2.38. The van der Waals surface area contributed by atoms with Crippen molar-refractivity contribution in [2.24, 2.45) is 11.8 Å². The maximum atomic E-state index is 13.8. The summed E-state index contributed by atoms with van der Waals surface area (Å²) in [5.74, 6) is -8.88. The van der Waals surface area contributed by atoms with Gasteiger partial charge in [0.25, 0.3) is 5.91 Å². The SMILES string of the molecule is COc1ccc(/C=C/CCCCC(C)[C@H](O)[C@@H](O)C2NC(=O)C[C@@H](O)CCC(=O)CNC(=O)[C@@H](CC3=C(C(=O)O)Cc4ccccc43)CC(=O)CN(C)C(=O)C[C@@]3(O)CC(=O)[C@H](O)C3NC(=O)[C@H]2O)cc1. The molecule has 0 bridgehead atoms. The summed E-state index contributed by atoms with van der Waals surface area (Å²) in [5, 5.41) is 84.7. The van der Waals surface area contributed by atoms with E-state index < -0.39 is 146 Å². The van der Waals surface area contributed by atoms with Crippen LogP contribution in [0.15, 0.2) is 60.2 Å². The second kappa shape index (κ2) is 25.3. The number of hydrogen-bond acceptors (Lipinski definition) is 15. The molecule has 0 radical (unpaired) electrons. The van der Waals surface area contributed by atoms with Crippen molar-refractivity contribution in [3.63, 3.8) is 0 Å². The van der Waals surface area contributed by atoms with Gasteiger partial charge in [-0.1, -0.05) is 61.9 Å². The summed E-state index contributed by atoms with van der Waals surface area (Å²) >= 11 is 0. The van der Waals surface area contributed by atoms with Crippen molar-refractivity contribution in [2.75, 3.05) is 27.2 Å². The molecule has 3 aliphatic rings. The van der Waals surface area contributed by atoms with Crippen LogP contribution in [0, 0.1) is 11.8 Å². The van der Waals surface area contributed by atoms with Crippen LogP contribution in [0.1, 0.15) is 94.2 Å². The van der Waals surface area contributed by atoms with E-state index in [0.717, 1.165) is 16.2 Å². The molecule has 2 aromatic rings. The molecule has 20 heteroatoms. The minimum absolute atomic E-state index is 0.0149. The first kappa shape index (κ1) is 55.8. The third-order valence-corrected chi connectivity index (χ3v) is 13.5. The van der Waals surface area contributed by atoms with E-state index in [0.29, 0.717) is 42.4 Å². The predicted molar refractivity (Wildman–Crippen MR) is 255 cm³/mol. The van der Waals surface area contributed by atoms with E-state index >= 15 is 0 Å². The fraction of sp³-hybridized carbons (Fsp3) is 0.529. The number of carbonyl (C=O) groups excluding carboxylic acids is 7. The number of benzene rings is 2. The number of carboxylic acids is 1. The number of unbranched alkanes of at least 4 members (excludes halogenated alkanes) is 2. The fourth-order valence-corrected chi connectivity index (χ4v) is 9.28. The van der Waals surface area contributed by atoms with Crippen molar-refractivity contribution >= 4 is 58.6 Å². The van der Waals surface area contributed by atoms with Gasteiger partial charge in [0, 0.05) is 44.2 Å². The molecular weight excluding hydrogens is 925 g/mol. The summed E-state index contributed by atoms with van der Waals surface area (Å²) in [6, 6.07) is 10.4. The molecule has 71 heavy (non-hydrogen) atoms. The summed E-state index contributed by atoms with van der Waals surface area (Å²) in [5.41, 5.74) is 0.0517. The Bertz CT molecular complexity index is 2350. The smallest absolute Gasteiger partial charge is 0.332 e. The lowest BCUT2D eigenvalue weighted by molar-refractivity contribution is -0.145. The van der Waals surface area contributed by atoms with Crippen LogP contribution in [0.4, 0.5) is 0 Å². The highest BCUT2D eigenvalue weighted by Gasteiger charge is 2.55. The number of ether oxygens (including phenoxy) is 1. The van der Waals surface area contributed by atoms with E-state index in [4.69, 9.17) is 4.74 Å². The minimum atomic E-state index is -2.50. The highest BCUT2D eigenvalue weighted by atomic mass is 16.5. The van der Waals surface area contributed by atoms with Crippen LogP contribution in [0.25, 0.3) is 11.6 Å². The maximum Gasteiger partial charge on any atom is 0.332 e. The molecule has 2 aliphatic carbocycles. The average Bonchev–Trinajstić information content (AvgIpc) is 3.80. The molecule has 10 N–H and O–H groups in total. The van der Waals surface area contributed by atoms with Crippen molar-refractivity contribution in [1.29, 1.82) is 0 Å². The molecule has 3 unspecified atom stereocenters. The van der Waals surface area contributed by atoms with Crippen LogP contribution in [0.5, 0.6) is 5.75 Å². The number of ketones is 3. The normalized spacial score (nSPS) is 27.1. The number of methoxy groups -OCH3 is 1. The van der Waals surface area contributed by atoms with Gasteiger partial charge in [0.1, 0.15) is 23.6 Å². The average molecular weight is 991 g/mol. The van der Waals surface area contributed by atoms with Gasteiger partial charge in [0.15, 0.2) is 23.5 Å². The summed E-state index contributed by atoms with van der Waals surface area (Å²) in [6.45, 7) is 0.393. The molecule has 20 nitrogen and oxygen atoms in total. The van der Waals surface area contributed by atoms with Gasteiger partial charge < -0.3 is 61.3 Å². The molecule has 0 spiro atoms. The predicted octanol–water partition coefficient (Wildman–Crippen LogP) is 0.161. The highest BCUT2D eigenvalue weighted by molar-refractivity contribution is 6.01.